The molecule has 0 amide bonds. The van der Waals surface area contributed by atoms with Crippen LogP contribution in [0.25, 0.3) is 0 Å². The van der Waals surface area contributed by atoms with Crippen molar-refractivity contribution in [3.05, 3.63) is 29.3 Å². The maximum Gasteiger partial charge on any atom is 0.341 e. The number of carbonyl (C=O) groups is 1. The van der Waals surface area contributed by atoms with Crippen LogP contribution in [-0.4, -0.2) is 18.2 Å². The summed E-state index contributed by atoms with van der Waals surface area (Å²) in [6.45, 7) is 0. The number of hydrogen-bond acceptors (Lipinski definition) is 4. The molecule has 0 aliphatic heterocycles. The topological polar surface area (TPSA) is 72.5 Å². The van der Waals surface area contributed by atoms with Gasteiger partial charge in [-0.2, -0.15) is 0 Å². The minimum atomic E-state index is -0.543. The summed E-state index contributed by atoms with van der Waals surface area (Å²) in [5, 5.41) is 9.48. The predicted octanol–water partition coefficient (Wildman–Crippen LogP) is 1.13. The van der Waals surface area contributed by atoms with Crippen LogP contribution >= 0.6 is 0 Å². The zero-order chi connectivity index (χ0) is 11.1. The Bertz CT molecular complexity index is 410. The summed E-state index contributed by atoms with van der Waals surface area (Å²) in [6, 6.07) is 4.83. The van der Waals surface area contributed by atoms with E-state index in [1.54, 1.807) is 12.1 Å². The number of phenols is 1. The second-order valence-corrected chi connectivity index (χ2v) is 3.88. The Balaban J connectivity index is 2.41. The van der Waals surface area contributed by atoms with Gasteiger partial charge in [0.05, 0.1) is 7.11 Å². The van der Waals surface area contributed by atoms with Gasteiger partial charge in [0.1, 0.15) is 11.3 Å². The summed E-state index contributed by atoms with van der Waals surface area (Å²) < 4.78 is 4.57. The lowest BCUT2D eigenvalue weighted by atomic mass is 10.0. The van der Waals surface area contributed by atoms with E-state index in [2.05, 4.69) is 4.74 Å². The van der Waals surface area contributed by atoms with Gasteiger partial charge in [0.15, 0.2) is 0 Å². The van der Waals surface area contributed by atoms with Gasteiger partial charge in [0.2, 0.25) is 0 Å². The number of methoxy groups -OCH3 is 1. The molecule has 1 aromatic rings. The van der Waals surface area contributed by atoms with Crippen molar-refractivity contribution in [2.45, 2.75) is 18.4 Å². The molecule has 1 saturated carbocycles. The third-order valence-electron chi connectivity index (χ3n) is 2.77. The van der Waals surface area contributed by atoms with Gasteiger partial charge >= 0.3 is 5.97 Å². The molecule has 0 atom stereocenters. The molecule has 0 radical (unpaired) electrons. The van der Waals surface area contributed by atoms with Gasteiger partial charge in [-0.3, -0.25) is 0 Å². The fourth-order valence-electron chi connectivity index (χ4n) is 1.54. The first-order chi connectivity index (χ1) is 7.07. The van der Waals surface area contributed by atoms with Crippen LogP contribution in [0.15, 0.2) is 18.2 Å². The summed E-state index contributed by atoms with van der Waals surface area (Å²) in [5.74, 6) is -0.617. The largest absolute Gasteiger partial charge is 0.507 e. The van der Waals surface area contributed by atoms with Gasteiger partial charge in [-0.25, -0.2) is 4.79 Å². The van der Waals surface area contributed by atoms with E-state index in [9.17, 15) is 9.90 Å². The number of hydrogen-bond donors (Lipinski definition) is 2. The molecule has 1 aliphatic rings. The van der Waals surface area contributed by atoms with E-state index >= 15 is 0 Å². The Morgan fingerprint density at radius 1 is 1.53 bits per heavy atom. The molecular formula is C11H13NO3. The molecule has 0 spiro atoms. The summed E-state index contributed by atoms with van der Waals surface area (Å²) in [7, 11) is 1.28. The van der Waals surface area contributed by atoms with Crippen molar-refractivity contribution in [3.63, 3.8) is 0 Å². The lowest BCUT2D eigenvalue weighted by molar-refractivity contribution is 0.0597. The van der Waals surface area contributed by atoms with Crippen molar-refractivity contribution >= 4 is 5.97 Å². The molecule has 15 heavy (non-hydrogen) atoms. The number of rotatable bonds is 2. The van der Waals surface area contributed by atoms with E-state index in [0.29, 0.717) is 0 Å². The first-order valence-electron chi connectivity index (χ1n) is 4.77. The molecule has 0 heterocycles. The third-order valence-corrected chi connectivity index (χ3v) is 2.77. The summed E-state index contributed by atoms with van der Waals surface area (Å²) >= 11 is 0. The molecule has 4 nitrogen and oxygen atoms in total. The van der Waals surface area contributed by atoms with E-state index in [-0.39, 0.29) is 16.9 Å². The lowest BCUT2D eigenvalue weighted by Gasteiger charge is -2.11. The summed E-state index contributed by atoms with van der Waals surface area (Å²) in [6.07, 6.45) is 1.83. The van der Waals surface area contributed by atoms with E-state index in [0.717, 1.165) is 18.4 Å². The van der Waals surface area contributed by atoms with E-state index in [4.69, 9.17) is 5.73 Å². The van der Waals surface area contributed by atoms with Crippen LogP contribution in [0.2, 0.25) is 0 Å². The van der Waals surface area contributed by atoms with Crippen molar-refractivity contribution in [3.8, 4) is 5.75 Å². The number of esters is 1. The maximum atomic E-state index is 11.3. The van der Waals surface area contributed by atoms with E-state index < -0.39 is 5.97 Å². The van der Waals surface area contributed by atoms with Gasteiger partial charge in [-0.05, 0) is 30.5 Å². The number of carbonyl (C=O) groups excluding carboxylic acids is 1. The second kappa shape index (κ2) is 3.24. The van der Waals surface area contributed by atoms with Gasteiger partial charge in [0.25, 0.3) is 0 Å². The second-order valence-electron chi connectivity index (χ2n) is 3.88. The quantitative estimate of drug-likeness (QED) is 0.713. The lowest BCUT2D eigenvalue weighted by Crippen LogP contribution is -2.19. The molecule has 0 bridgehead atoms. The zero-order valence-corrected chi connectivity index (χ0v) is 8.49. The van der Waals surface area contributed by atoms with E-state index in [1.165, 1.54) is 13.2 Å². The minimum absolute atomic E-state index is 0.0742. The highest BCUT2D eigenvalue weighted by Crippen LogP contribution is 2.43. The fourth-order valence-corrected chi connectivity index (χ4v) is 1.54. The molecule has 2 rings (SSSR count). The average Bonchev–Trinajstić information content (AvgIpc) is 2.97. The molecule has 0 unspecified atom stereocenters. The van der Waals surface area contributed by atoms with Crippen LogP contribution in [-0.2, 0) is 10.3 Å². The van der Waals surface area contributed by atoms with Crippen LogP contribution < -0.4 is 5.73 Å². The normalized spacial score (nSPS) is 17.2. The number of ether oxygens (including phenoxy) is 1. The van der Waals surface area contributed by atoms with Crippen LogP contribution in [0.1, 0.15) is 28.8 Å². The van der Waals surface area contributed by atoms with Crippen LogP contribution in [0, 0.1) is 0 Å². The van der Waals surface area contributed by atoms with Gasteiger partial charge in [-0.15, -0.1) is 0 Å². The average molecular weight is 207 g/mol. The monoisotopic (exact) mass is 207 g/mol. The Kier molecular flexibility index (Phi) is 2.16. The molecule has 3 N–H and O–H groups in total. The van der Waals surface area contributed by atoms with Gasteiger partial charge in [0, 0.05) is 5.54 Å². The molecule has 1 aliphatic carbocycles. The van der Waals surface area contributed by atoms with Crippen LogP contribution in [0.3, 0.4) is 0 Å². The highest BCUT2D eigenvalue weighted by atomic mass is 16.5. The number of phenolic OH excluding ortho intramolecular Hbond substituents is 1. The van der Waals surface area contributed by atoms with Crippen molar-refractivity contribution in [1.29, 1.82) is 0 Å². The van der Waals surface area contributed by atoms with Crippen molar-refractivity contribution in [2.24, 2.45) is 5.73 Å². The van der Waals surface area contributed by atoms with Crippen molar-refractivity contribution < 1.29 is 14.6 Å². The van der Waals surface area contributed by atoms with Gasteiger partial charge < -0.3 is 15.6 Å². The van der Waals surface area contributed by atoms with Gasteiger partial charge in [-0.1, -0.05) is 6.07 Å². The Hall–Kier alpha value is -1.55. The molecular weight excluding hydrogens is 194 g/mol. The van der Waals surface area contributed by atoms with Crippen LogP contribution in [0.5, 0.6) is 5.75 Å². The Morgan fingerprint density at radius 3 is 2.73 bits per heavy atom. The van der Waals surface area contributed by atoms with E-state index in [1.807, 2.05) is 0 Å². The number of benzene rings is 1. The predicted molar refractivity (Wildman–Crippen MR) is 54.5 cm³/mol. The highest BCUT2D eigenvalue weighted by molar-refractivity contribution is 5.92. The van der Waals surface area contributed by atoms with Crippen LogP contribution in [0.4, 0.5) is 0 Å². The molecule has 4 heteroatoms. The SMILES string of the molecule is COC(=O)c1cc(C2(N)CC2)ccc1O. The standard InChI is InChI=1S/C11H13NO3/c1-15-10(14)8-6-7(2-3-9(8)13)11(12)4-5-11/h2-3,6,13H,4-5,12H2,1H3. The third kappa shape index (κ3) is 1.68. The minimum Gasteiger partial charge on any atom is -0.507 e. The number of aromatic hydroxyl groups is 1. The van der Waals surface area contributed by atoms with Crippen molar-refractivity contribution in [1.82, 2.24) is 0 Å². The molecule has 1 fully saturated rings. The Labute approximate surface area is 87.7 Å². The molecule has 0 saturated heterocycles. The maximum absolute atomic E-state index is 11.3. The smallest absolute Gasteiger partial charge is 0.341 e. The molecule has 0 aromatic heterocycles. The zero-order valence-electron chi connectivity index (χ0n) is 8.49. The first kappa shape index (κ1) is 9.98. The molecule has 80 valence electrons. The fraction of sp³-hybridized carbons (Fsp3) is 0.364. The number of nitrogens with two attached hydrogens (primary N) is 1. The highest BCUT2D eigenvalue weighted by Gasteiger charge is 2.40. The first-order valence-corrected chi connectivity index (χ1v) is 4.77. The van der Waals surface area contributed by atoms with Crippen molar-refractivity contribution in [2.75, 3.05) is 7.11 Å². The summed E-state index contributed by atoms with van der Waals surface area (Å²) in [5.41, 5.74) is 6.73. The molecule has 1 aromatic carbocycles. The summed E-state index contributed by atoms with van der Waals surface area (Å²) in [4.78, 5) is 11.3. The Morgan fingerprint density at radius 2 is 2.20 bits per heavy atom.